The standard InChI is InChI=1S/C8H9N3O2/c1-2-5-6(8(12)13)7-9-3-4-11(7)10-5/h3-4,10H,2H2,1H3,(H,12,13). The summed E-state index contributed by atoms with van der Waals surface area (Å²) in [5.41, 5.74) is 1.45. The number of rotatable bonds is 2. The summed E-state index contributed by atoms with van der Waals surface area (Å²) in [6, 6.07) is 0. The molecule has 2 N–H and O–H groups in total. The van der Waals surface area contributed by atoms with Gasteiger partial charge in [0.2, 0.25) is 0 Å². The quantitative estimate of drug-likeness (QED) is 0.720. The molecule has 5 nitrogen and oxygen atoms in total. The number of nitrogens with zero attached hydrogens (tertiary/aromatic N) is 2. The molecule has 0 aliphatic carbocycles. The lowest BCUT2D eigenvalue weighted by Gasteiger charge is -1.91. The van der Waals surface area contributed by atoms with Crippen molar-refractivity contribution in [2.45, 2.75) is 13.3 Å². The number of aromatic nitrogens is 3. The number of aromatic carboxylic acids is 1. The highest BCUT2D eigenvalue weighted by Crippen LogP contribution is 2.14. The maximum absolute atomic E-state index is 10.9. The second-order valence-corrected chi connectivity index (χ2v) is 2.74. The molecule has 0 fully saturated rings. The number of H-pyrrole nitrogens is 1. The molecule has 0 bridgehead atoms. The molecule has 2 aromatic heterocycles. The van der Waals surface area contributed by atoms with Gasteiger partial charge >= 0.3 is 5.97 Å². The fraction of sp³-hybridized carbons (Fsp3) is 0.250. The Labute approximate surface area is 74.0 Å². The van der Waals surface area contributed by atoms with Crippen molar-refractivity contribution in [2.75, 3.05) is 0 Å². The van der Waals surface area contributed by atoms with E-state index in [0.717, 1.165) is 0 Å². The van der Waals surface area contributed by atoms with Crippen LogP contribution in [-0.4, -0.2) is 25.7 Å². The fourth-order valence-corrected chi connectivity index (χ4v) is 1.40. The van der Waals surface area contributed by atoms with Gasteiger partial charge < -0.3 is 5.11 Å². The zero-order valence-electron chi connectivity index (χ0n) is 7.11. The van der Waals surface area contributed by atoms with Crippen molar-refractivity contribution < 1.29 is 9.90 Å². The first-order valence-electron chi connectivity index (χ1n) is 4.01. The summed E-state index contributed by atoms with van der Waals surface area (Å²) in [5, 5.41) is 11.9. The highest BCUT2D eigenvalue weighted by Gasteiger charge is 2.17. The zero-order chi connectivity index (χ0) is 9.42. The average Bonchev–Trinajstić information content (AvgIpc) is 2.59. The minimum absolute atomic E-state index is 0.271. The smallest absolute Gasteiger partial charge is 0.341 e. The van der Waals surface area contributed by atoms with Crippen molar-refractivity contribution in [3.05, 3.63) is 23.7 Å². The van der Waals surface area contributed by atoms with E-state index in [1.165, 1.54) is 0 Å². The third-order valence-corrected chi connectivity index (χ3v) is 1.99. The molecule has 0 unspecified atom stereocenters. The van der Waals surface area contributed by atoms with E-state index < -0.39 is 5.97 Å². The van der Waals surface area contributed by atoms with E-state index >= 15 is 0 Å². The number of hydrogen-bond acceptors (Lipinski definition) is 2. The first-order valence-corrected chi connectivity index (χ1v) is 4.01. The molecule has 0 atom stereocenters. The van der Waals surface area contributed by atoms with Gasteiger partial charge in [-0.15, -0.1) is 0 Å². The predicted octanol–water partition coefficient (Wildman–Crippen LogP) is 0.923. The molecule has 0 spiro atoms. The van der Waals surface area contributed by atoms with Crippen LogP contribution in [0.3, 0.4) is 0 Å². The summed E-state index contributed by atoms with van der Waals surface area (Å²) >= 11 is 0. The largest absolute Gasteiger partial charge is 0.477 e. The molecule has 0 aliphatic rings. The molecule has 13 heavy (non-hydrogen) atoms. The van der Waals surface area contributed by atoms with Gasteiger partial charge in [0.15, 0.2) is 5.65 Å². The molecule has 0 amide bonds. The van der Waals surface area contributed by atoms with Crippen molar-refractivity contribution in [3.8, 4) is 0 Å². The zero-order valence-corrected chi connectivity index (χ0v) is 7.11. The van der Waals surface area contributed by atoms with E-state index in [2.05, 4.69) is 10.1 Å². The third kappa shape index (κ3) is 1.00. The average molecular weight is 179 g/mol. The molecule has 0 aromatic carbocycles. The van der Waals surface area contributed by atoms with Gasteiger partial charge in [-0.3, -0.25) is 5.10 Å². The van der Waals surface area contributed by atoms with Crippen LogP contribution >= 0.6 is 0 Å². The van der Waals surface area contributed by atoms with Crippen LogP contribution < -0.4 is 0 Å². The Bertz CT molecular complexity index is 455. The monoisotopic (exact) mass is 179 g/mol. The van der Waals surface area contributed by atoms with Gasteiger partial charge in [-0.05, 0) is 6.42 Å². The molecule has 0 saturated heterocycles. The number of imidazole rings is 1. The van der Waals surface area contributed by atoms with E-state index in [-0.39, 0.29) is 5.56 Å². The Morgan fingerprint density at radius 3 is 3.15 bits per heavy atom. The van der Waals surface area contributed by atoms with Crippen molar-refractivity contribution in [1.29, 1.82) is 0 Å². The van der Waals surface area contributed by atoms with Crippen LogP contribution in [0.1, 0.15) is 23.0 Å². The number of carboxylic acids is 1. The van der Waals surface area contributed by atoms with Crippen LogP contribution in [0, 0.1) is 0 Å². The number of fused-ring (bicyclic) bond motifs is 1. The Balaban J connectivity index is 2.77. The van der Waals surface area contributed by atoms with E-state index in [1.807, 2.05) is 6.92 Å². The summed E-state index contributed by atoms with van der Waals surface area (Å²) in [5.74, 6) is -0.936. The topological polar surface area (TPSA) is 70.4 Å². The normalized spacial score (nSPS) is 10.8. The minimum Gasteiger partial charge on any atom is -0.477 e. The van der Waals surface area contributed by atoms with Crippen LogP contribution in [0.15, 0.2) is 12.4 Å². The maximum atomic E-state index is 10.9. The highest BCUT2D eigenvalue weighted by atomic mass is 16.4. The summed E-state index contributed by atoms with van der Waals surface area (Å²) in [6.45, 7) is 1.90. The Morgan fingerprint density at radius 2 is 2.54 bits per heavy atom. The number of aromatic amines is 1. The summed E-state index contributed by atoms with van der Waals surface area (Å²) in [7, 11) is 0. The molecule has 0 radical (unpaired) electrons. The van der Waals surface area contributed by atoms with Crippen LogP contribution in [0.2, 0.25) is 0 Å². The van der Waals surface area contributed by atoms with Gasteiger partial charge in [-0.1, -0.05) is 6.92 Å². The van der Waals surface area contributed by atoms with E-state index in [4.69, 9.17) is 5.11 Å². The maximum Gasteiger partial charge on any atom is 0.341 e. The van der Waals surface area contributed by atoms with Crippen LogP contribution in [0.25, 0.3) is 5.65 Å². The molecule has 2 rings (SSSR count). The first kappa shape index (κ1) is 7.85. The molecule has 0 saturated carbocycles. The van der Waals surface area contributed by atoms with E-state index in [9.17, 15) is 4.79 Å². The molecular formula is C8H9N3O2. The van der Waals surface area contributed by atoms with Gasteiger partial charge in [-0.25, -0.2) is 14.3 Å². The Kier molecular flexibility index (Phi) is 1.58. The van der Waals surface area contributed by atoms with Gasteiger partial charge in [0.05, 0.1) is 5.69 Å². The third-order valence-electron chi connectivity index (χ3n) is 1.99. The van der Waals surface area contributed by atoms with Crippen molar-refractivity contribution >= 4 is 11.6 Å². The summed E-state index contributed by atoms with van der Waals surface area (Å²) < 4.78 is 1.61. The number of nitrogens with one attached hydrogen (secondary N) is 1. The predicted molar refractivity (Wildman–Crippen MR) is 45.9 cm³/mol. The van der Waals surface area contributed by atoms with Crippen molar-refractivity contribution in [3.63, 3.8) is 0 Å². The van der Waals surface area contributed by atoms with Gasteiger partial charge in [-0.2, -0.15) is 0 Å². The Hall–Kier alpha value is -1.78. The molecule has 2 heterocycles. The van der Waals surface area contributed by atoms with Crippen LogP contribution in [0.4, 0.5) is 0 Å². The molecular weight excluding hydrogens is 170 g/mol. The van der Waals surface area contributed by atoms with Gasteiger partial charge in [0.25, 0.3) is 0 Å². The lowest BCUT2D eigenvalue weighted by atomic mass is 10.2. The summed E-state index contributed by atoms with van der Waals surface area (Å²) in [4.78, 5) is 14.8. The fourth-order valence-electron chi connectivity index (χ4n) is 1.40. The van der Waals surface area contributed by atoms with Crippen LogP contribution in [0.5, 0.6) is 0 Å². The second-order valence-electron chi connectivity index (χ2n) is 2.74. The highest BCUT2D eigenvalue weighted by molar-refractivity contribution is 5.95. The number of carboxylic acid groups (broad SMARTS) is 1. The van der Waals surface area contributed by atoms with Crippen molar-refractivity contribution in [1.82, 2.24) is 14.6 Å². The lowest BCUT2D eigenvalue weighted by Crippen LogP contribution is -1.99. The van der Waals surface area contributed by atoms with E-state index in [1.54, 1.807) is 16.9 Å². The molecule has 0 aliphatic heterocycles. The second kappa shape index (κ2) is 2.62. The van der Waals surface area contributed by atoms with Gasteiger partial charge in [0, 0.05) is 12.4 Å². The van der Waals surface area contributed by atoms with E-state index in [0.29, 0.717) is 17.8 Å². The number of aryl methyl sites for hydroxylation is 1. The van der Waals surface area contributed by atoms with Gasteiger partial charge in [0.1, 0.15) is 5.56 Å². The number of carbonyl (C=O) groups is 1. The van der Waals surface area contributed by atoms with Crippen LogP contribution in [-0.2, 0) is 6.42 Å². The SMILES string of the molecule is CCc1[nH]n2ccnc2c1C(=O)O. The molecule has 2 aromatic rings. The minimum atomic E-state index is -0.936. The molecule has 68 valence electrons. The Morgan fingerprint density at radius 1 is 1.77 bits per heavy atom. The number of hydrogen-bond donors (Lipinski definition) is 2. The van der Waals surface area contributed by atoms with Crippen molar-refractivity contribution in [2.24, 2.45) is 0 Å². The summed E-state index contributed by atoms with van der Waals surface area (Å²) in [6.07, 6.45) is 3.92. The first-order chi connectivity index (χ1) is 6.24. The lowest BCUT2D eigenvalue weighted by molar-refractivity contribution is 0.0697. The molecule has 5 heteroatoms.